The molecule has 1 aliphatic carbocycles. The highest BCUT2D eigenvalue weighted by molar-refractivity contribution is 7.98. The Morgan fingerprint density at radius 1 is 1.33 bits per heavy atom. The lowest BCUT2D eigenvalue weighted by Gasteiger charge is -2.29. The fourth-order valence-electron chi connectivity index (χ4n) is 3.01. The number of hydrogen-bond donors (Lipinski definition) is 2. The number of carboxylic acids is 1. The summed E-state index contributed by atoms with van der Waals surface area (Å²) in [5.41, 5.74) is 2.23. The second kappa shape index (κ2) is 8.32. The zero-order chi connectivity index (χ0) is 15.1. The van der Waals surface area contributed by atoms with E-state index >= 15 is 0 Å². The first-order chi connectivity index (χ1) is 10.2. The molecule has 1 saturated carbocycles. The van der Waals surface area contributed by atoms with E-state index in [0.29, 0.717) is 12.5 Å². The monoisotopic (exact) mass is 307 g/mol. The number of thioether (sulfide) groups is 1. The first-order valence-electron chi connectivity index (χ1n) is 7.73. The molecule has 0 aromatic heterocycles. The van der Waals surface area contributed by atoms with Crippen LogP contribution in [0.1, 0.15) is 37.7 Å². The van der Waals surface area contributed by atoms with Crippen LogP contribution in [0.25, 0.3) is 0 Å². The third kappa shape index (κ3) is 5.62. The van der Waals surface area contributed by atoms with Gasteiger partial charge in [-0.2, -0.15) is 11.8 Å². The van der Waals surface area contributed by atoms with Crippen LogP contribution in [0.15, 0.2) is 24.3 Å². The average molecular weight is 307 g/mol. The Kier molecular flexibility index (Phi) is 6.43. The lowest BCUT2D eigenvalue weighted by atomic mass is 9.87. The van der Waals surface area contributed by atoms with Gasteiger partial charge in [0.25, 0.3) is 0 Å². The fraction of sp³-hybridized carbons (Fsp3) is 0.588. The van der Waals surface area contributed by atoms with Crippen LogP contribution in [0, 0.1) is 5.92 Å². The van der Waals surface area contributed by atoms with Crippen molar-refractivity contribution in [1.29, 1.82) is 0 Å². The maximum Gasteiger partial charge on any atom is 0.303 e. The van der Waals surface area contributed by atoms with Crippen LogP contribution in [0.5, 0.6) is 0 Å². The Morgan fingerprint density at radius 2 is 2.10 bits per heavy atom. The van der Waals surface area contributed by atoms with Crippen molar-refractivity contribution in [1.82, 2.24) is 0 Å². The molecule has 21 heavy (non-hydrogen) atoms. The van der Waals surface area contributed by atoms with Gasteiger partial charge in [-0.3, -0.25) is 4.79 Å². The third-order valence-corrected chi connectivity index (χ3v) is 4.98. The van der Waals surface area contributed by atoms with Crippen molar-refractivity contribution in [2.24, 2.45) is 5.92 Å². The Bertz CT molecular complexity index is 456. The van der Waals surface area contributed by atoms with Crippen LogP contribution in [0.2, 0.25) is 0 Å². The van der Waals surface area contributed by atoms with E-state index in [2.05, 4.69) is 23.7 Å². The van der Waals surface area contributed by atoms with Crippen molar-refractivity contribution in [3.63, 3.8) is 0 Å². The molecule has 0 atom stereocenters. The minimum absolute atomic E-state index is 0.198. The van der Waals surface area contributed by atoms with E-state index in [1.54, 1.807) is 0 Å². The number of aryl methyl sites for hydroxylation is 1. The van der Waals surface area contributed by atoms with E-state index < -0.39 is 5.97 Å². The second-order valence-electron chi connectivity index (χ2n) is 5.91. The van der Waals surface area contributed by atoms with Crippen LogP contribution in [0.3, 0.4) is 0 Å². The summed E-state index contributed by atoms with van der Waals surface area (Å²) in [6.07, 6.45) is 8.10. The lowest BCUT2D eigenvalue weighted by molar-refractivity contribution is -0.136. The number of aliphatic carboxylic acids is 1. The summed E-state index contributed by atoms with van der Waals surface area (Å²) < 4.78 is 0. The molecular weight excluding hydrogens is 282 g/mol. The van der Waals surface area contributed by atoms with Crippen LogP contribution < -0.4 is 5.32 Å². The summed E-state index contributed by atoms with van der Waals surface area (Å²) >= 11 is 1.95. The molecule has 0 saturated heterocycles. The summed E-state index contributed by atoms with van der Waals surface area (Å²) in [6, 6.07) is 8.76. The minimum atomic E-state index is -0.736. The molecule has 0 unspecified atom stereocenters. The van der Waals surface area contributed by atoms with Gasteiger partial charge in [0, 0.05) is 18.2 Å². The Balaban J connectivity index is 1.83. The number of rotatable bonds is 7. The smallest absolute Gasteiger partial charge is 0.303 e. The summed E-state index contributed by atoms with van der Waals surface area (Å²) in [5.74, 6) is 1.44. The van der Waals surface area contributed by atoms with E-state index in [1.807, 2.05) is 23.9 Å². The van der Waals surface area contributed by atoms with E-state index in [4.69, 9.17) is 5.11 Å². The van der Waals surface area contributed by atoms with Crippen molar-refractivity contribution >= 4 is 23.4 Å². The van der Waals surface area contributed by atoms with Gasteiger partial charge in [-0.25, -0.2) is 0 Å². The predicted molar refractivity (Wildman–Crippen MR) is 90.1 cm³/mol. The normalized spacial score (nSPS) is 22.0. The molecule has 2 N–H and O–H groups in total. The molecule has 0 bridgehead atoms. The number of nitrogens with one attached hydrogen (secondary N) is 1. The standard InChI is InChI=1S/C17H25NO2S/c1-21-12-14-5-8-15(9-6-14)18-16-4-2-3-13(11-16)7-10-17(19)20/h2-4,11,14-15,18H,5-10,12H2,1H3,(H,19,20). The molecular formula is C17H25NO2S. The number of carbonyl (C=O) groups is 1. The van der Waals surface area contributed by atoms with Gasteiger partial charge < -0.3 is 10.4 Å². The molecule has 1 aromatic rings. The van der Waals surface area contributed by atoms with Gasteiger partial charge in [-0.15, -0.1) is 0 Å². The summed E-state index contributed by atoms with van der Waals surface area (Å²) in [7, 11) is 0. The van der Waals surface area contributed by atoms with Crippen molar-refractivity contribution in [2.75, 3.05) is 17.3 Å². The van der Waals surface area contributed by atoms with Gasteiger partial charge >= 0.3 is 5.97 Å². The van der Waals surface area contributed by atoms with Crippen LogP contribution >= 0.6 is 11.8 Å². The third-order valence-electron chi connectivity index (χ3n) is 4.17. The molecule has 2 rings (SSSR count). The second-order valence-corrected chi connectivity index (χ2v) is 6.82. The molecule has 0 aliphatic heterocycles. The molecule has 116 valence electrons. The molecule has 0 amide bonds. The van der Waals surface area contributed by atoms with Gasteiger partial charge in [-0.05, 0) is 67.7 Å². The largest absolute Gasteiger partial charge is 0.481 e. The first-order valence-corrected chi connectivity index (χ1v) is 9.13. The van der Waals surface area contributed by atoms with Gasteiger partial charge in [0.2, 0.25) is 0 Å². The molecule has 1 fully saturated rings. The molecule has 0 radical (unpaired) electrons. The fourth-order valence-corrected chi connectivity index (χ4v) is 3.82. The van der Waals surface area contributed by atoms with Gasteiger partial charge in [0.15, 0.2) is 0 Å². The highest BCUT2D eigenvalue weighted by Gasteiger charge is 2.20. The quantitative estimate of drug-likeness (QED) is 0.798. The van der Waals surface area contributed by atoms with Crippen LogP contribution in [-0.4, -0.2) is 29.1 Å². The average Bonchev–Trinajstić information content (AvgIpc) is 2.48. The Morgan fingerprint density at radius 3 is 2.76 bits per heavy atom. The minimum Gasteiger partial charge on any atom is -0.481 e. The summed E-state index contributed by atoms with van der Waals surface area (Å²) in [4.78, 5) is 10.6. The number of benzene rings is 1. The van der Waals surface area contributed by atoms with Gasteiger partial charge in [-0.1, -0.05) is 12.1 Å². The van der Waals surface area contributed by atoms with Crippen molar-refractivity contribution in [3.8, 4) is 0 Å². The summed E-state index contributed by atoms with van der Waals surface area (Å²) in [5, 5.41) is 12.4. The summed E-state index contributed by atoms with van der Waals surface area (Å²) in [6.45, 7) is 0. The van der Waals surface area contributed by atoms with Crippen LogP contribution in [-0.2, 0) is 11.2 Å². The first kappa shape index (κ1) is 16.2. The maximum absolute atomic E-state index is 10.6. The van der Waals surface area contributed by atoms with E-state index in [1.165, 1.54) is 31.4 Å². The molecule has 1 aliphatic rings. The Labute approximate surface area is 131 Å². The van der Waals surface area contributed by atoms with Crippen LogP contribution in [0.4, 0.5) is 5.69 Å². The van der Waals surface area contributed by atoms with Crippen molar-refractivity contribution in [2.45, 2.75) is 44.6 Å². The topological polar surface area (TPSA) is 49.3 Å². The zero-order valence-electron chi connectivity index (χ0n) is 12.7. The molecule has 0 spiro atoms. The van der Waals surface area contributed by atoms with Crippen molar-refractivity contribution < 1.29 is 9.90 Å². The number of carboxylic acid groups (broad SMARTS) is 1. The maximum atomic E-state index is 10.6. The molecule has 0 heterocycles. The molecule has 1 aromatic carbocycles. The van der Waals surface area contributed by atoms with E-state index in [0.717, 1.165) is 17.2 Å². The predicted octanol–water partition coefficient (Wildman–Crippen LogP) is 4.04. The SMILES string of the molecule is CSCC1CCC(Nc2cccc(CCC(=O)O)c2)CC1. The number of anilines is 1. The lowest BCUT2D eigenvalue weighted by Crippen LogP contribution is -2.26. The van der Waals surface area contributed by atoms with Crippen molar-refractivity contribution in [3.05, 3.63) is 29.8 Å². The Hall–Kier alpha value is -1.16. The zero-order valence-corrected chi connectivity index (χ0v) is 13.5. The highest BCUT2D eigenvalue weighted by atomic mass is 32.2. The van der Waals surface area contributed by atoms with Gasteiger partial charge in [0.05, 0.1) is 0 Å². The van der Waals surface area contributed by atoms with E-state index in [9.17, 15) is 4.79 Å². The molecule has 4 heteroatoms. The number of hydrogen-bond acceptors (Lipinski definition) is 3. The molecule has 3 nitrogen and oxygen atoms in total. The van der Waals surface area contributed by atoms with Gasteiger partial charge in [0.1, 0.15) is 0 Å². The van der Waals surface area contributed by atoms with E-state index in [-0.39, 0.29) is 6.42 Å². The highest BCUT2D eigenvalue weighted by Crippen LogP contribution is 2.28.